The molecule has 0 radical (unpaired) electrons. The van der Waals surface area contributed by atoms with Crippen LogP contribution in [0.15, 0.2) is 23.6 Å². The zero-order valence-corrected chi connectivity index (χ0v) is 13.5. The van der Waals surface area contributed by atoms with Crippen molar-refractivity contribution in [1.82, 2.24) is 0 Å². The van der Waals surface area contributed by atoms with Gasteiger partial charge in [0.2, 0.25) is 0 Å². The molecule has 0 amide bonds. The molecule has 0 aliphatic heterocycles. The fourth-order valence-electron chi connectivity index (χ4n) is 2.04. The van der Waals surface area contributed by atoms with Crippen LogP contribution in [0.4, 0.5) is 0 Å². The Morgan fingerprint density at radius 1 is 1.19 bits per heavy atom. The summed E-state index contributed by atoms with van der Waals surface area (Å²) in [6.45, 7) is 6.95. The highest BCUT2D eigenvalue weighted by Gasteiger charge is 2.05. The van der Waals surface area contributed by atoms with Crippen molar-refractivity contribution in [3.63, 3.8) is 0 Å². The van der Waals surface area contributed by atoms with E-state index in [-0.39, 0.29) is 6.61 Å². The van der Waals surface area contributed by atoms with Crippen molar-refractivity contribution >= 4 is 11.3 Å². The average Bonchev–Trinajstić information content (AvgIpc) is 2.89. The zero-order chi connectivity index (χ0) is 15.2. The van der Waals surface area contributed by atoms with Gasteiger partial charge in [-0.05, 0) is 49.6 Å². The lowest BCUT2D eigenvalue weighted by Gasteiger charge is -2.11. The Hall–Kier alpha value is -1.76. The van der Waals surface area contributed by atoms with E-state index in [1.807, 2.05) is 11.4 Å². The van der Waals surface area contributed by atoms with E-state index in [4.69, 9.17) is 9.84 Å². The highest BCUT2D eigenvalue weighted by Crippen LogP contribution is 2.25. The Labute approximate surface area is 130 Å². The number of hydrogen-bond donors (Lipinski definition) is 1. The Morgan fingerprint density at radius 2 is 2.00 bits per heavy atom. The number of aryl methyl sites for hydroxylation is 2. The minimum Gasteiger partial charge on any atom is -0.488 e. The van der Waals surface area contributed by atoms with Gasteiger partial charge in [-0.1, -0.05) is 17.9 Å². The van der Waals surface area contributed by atoms with E-state index in [0.717, 1.165) is 16.2 Å². The normalized spacial score (nSPS) is 10.1. The van der Waals surface area contributed by atoms with Crippen LogP contribution in [0.3, 0.4) is 0 Å². The molecule has 0 unspecified atom stereocenters. The first-order chi connectivity index (χ1) is 10.1. The summed E-state index contributed by atoms with van der Waals surface area (Å²) >= 11 is 1.65. The lowest BCUT2D eigenvalue weighted by atomic mass is 10.1. The predicted molar refractivity (Wildman–Crippen MR) is 87.9 cm³/mol. The van der Waals surface area contributed by atoms with Gasteiger partial charge in [0, 0.05) is 22.2 Å². The van der Waals surface area contributed by atoms with Crippen LogP contribution in [0.1, 0.15) is 33.6 Å². The van der Waals surface area contributed by atoms with Crippen LogP contribution >= 0.6 is 11.3 Å². The third kappa shape index (κ3) is 4.35. The molecule has 2 rings (SSSR count). The first-order valence-electron chi connectivity index (χ1n) is 6.98. The summed E-state index contributed by atoms with van der Waals surface area (Å²) < 4.78 is 5.95. The standard InChI is InChI=1S/C18H20O2S/c1-13-8-14(2)15(3)18(9-13)20-11-17-10-16(12-21-17)6-4-5-7-19/h8-10,12,19H,5,7,11H2,1-3H3. The number of hydrogen-bond acceptors (Lipinski definition) is 3. The van der Waals surface area contributed by atoms with E-state index in [0.29, 0.717) is 13.0 Å². The van der Waals surface area contributed by atoms with E-state index < -0.39 is 0 Å². The van der Waals surface area contributed by atoms with Gasteiger partial charge in [-0.3, -0.25) is 0 Å². The maximum absolute atomic E-state index is 8.71. The van der Waals surface area contributed by atoms with Crippen molar-refractivity contribution in [3.8, 4) is 17.6 Å². The Balaban J connectivity index is 2.03. The minimum absolute atomic E-state index is 0.110. The second-order valence-electron chi connectivity index (χ2n) is 5.07. The van der Waals surface area contributed by atoms with Gasteiger partial charge in [0.05, 0.1) is 6.61 Å². The fraction of sp³-hybridized carbons (Fsp3) is 0.333. The summed E-state index contributed by atoms with van der Waals surface area (Å²) in [4.78, 5) is 1.15. The van der Waals surface area contributed by atoms with Crippen molar-refractivity contribution < 1.29 is 9.84 Å². The van der Waals surface area contributed by atoms with Crippen molar-refractivity contribution in [1.29, 1.82) is 0 Å². The molecule has 2 nitrogen and oxygen atoms in total. The van der Waals surface area contributed by atoms with Gasteiger partial charge >= 0.3 is 0 Å². The molecule has 0 spiro atoms. The summed E-state index contributed by atoms with van der Waals surface area (Å²) in [5, 5.41) is 10.7. The predicted octanol–water partition coefficient (Wildman–Crippen LogP) is 3.99. The molecule has 0 fully saturated rings. The van der Waals surface area contributed by atoms with Crippen molar-refractivity contribution in [2.75, 3.05) is 6.61 Å². The lowest BCUT2D eigenvalue weighted by Crippen LogP contribution is -1.97. The molecule has 2 aromatic rings. The SMILES string of the molecule is Cc1cc(C)c(C)c(OCc2cc(C#CCCO)cs2)c1. The van der Waals surface area contributed by atoms with Gasteiger partial charge in [0.15, 0.2) is 0 Å². The molecular formula is C18H20O2S. The lowest BCUT2D eigenvalue weighted by molar-refractivity contribution is 0.305. The minimum atomic E-state index is 0.110. The molecule has 0 saturated heterocycles. The molecule has 0 atom stereocenters. The molecule has 110 valence electrons. The van der Waals surface area contributed by atoms with Gasteiger partial charge in [0.1, 0.15) is 12.4 Å². The summed E-state index contributed by atoms with van der Waals surface area (Å²) in [5.74, 6) is 6.92. The molecule has 1 N–H and O–H groups in total. The second-order valence-corrected chi connectivity index (χ2v) is 6.07. The van der Waals surface area contributed by atoms with Crippen LogP contribution in [0.25, 0.3) is 0 Å². The molecule has 0 aliphatic rings. The van der Waals surface area contributed by atoms with Gasteiger partial charge in [0.25, 0.3) is 0 Å². The first-order valence-corrected chi connectivity index (χ1v) is 7.86. The molecule has 1 heterocycles. The molecule has 3 heteroatoms. The zero-order valence-electron chi connectivity index (χ0n) is 12.7. The molecule has 0 bridgehead atoms. The maximum Gasteiger partial charge on any atom is 0.123 e. The van der Waals surface area contributed by atoms with Crippen molar-refractivity contribution in [2.45, 2.75) is 33.8 Å². The van der Waals surface area contributed by atoms with Crippen LogP contribution in [-0.2, 0) is 6.61 Å². The van der Waals surface area contributed by atoms with Gasteiger partial charge in [-0.25, -0.2) is 0 Å². The molecule has 0 saturated carbocycles. The average molecular weight is 300 g/mol. The molecule has 21 heavy (non-hydrogen) atoms. The number of aliphatic hydroxyl groups excluding tert-OH is 1. The van der Waals surface area contributed by atoms with E-state index in [9.17, 15) is 0 Å². The summed E-state index contributed by atoms with van der Waals surface area (Å²) in [6, 6.07) is 6.30. The van der Waals surface area contributed by atoms with Crippen LogP contribution < -0.4 is 4.74 Å². The van der Waals surface area contributed by atoms with Crippen LogP contribution in [0.2, 0.25) is 0 Å². The van der Waals surface area contributed by atoms with E-state index >= 15 is 0 Å². The number of ether oxygens (including phenoxy) is 1. The molecule has 1 aromatic carbocycles. The van der Waals surface area contributed by atoms with Gasteiger partial charge in [-0.2, -0.15) is 0 Å². The number of aliphatic hydroxyl groups is 1. The quantitative estimate of drug-likeness (QED) is 0.865. The maximum atomic E-state index is 8.71. The monoisotopic (exact) mass is 300 g/mol. The van der Waals surface area contributed by atoms with E-state index in [1.165, 1.54) is 16.7 Å². The fourth-order valence-corrected chi connectivity index (χ4v) is 2.77. The first kappa shape index (κ1) is 15.6. The van der Waals surface area contributed by atoms with Crippen LogP contribution in [0, 0.1) is 32.6 Å². The molecule has 1 aromatic heterocycles. The number of thiophene rings is 1. The van der Waals surface area contributed by atoms with E-state index in [1.54, 1.807) is 11.3 Å². The van der Waals surface area contributed by atoms with Gasteiger partial charge < -0.3 is 9.84 Å². The van der Waals surface area contributed by atoms with E-state index in [2.05, 4.69) is 44.7 Å². The Bertz CT molecular complexity index is 674. The third-order valence-electron chi connectivity index (χ3n) is 3.26. The highest BCUT2D eigenvalue weighted by atomic mass is 32.1. The van der Waals surface area contributed by atoms with Crippen molar-refractivity contribution in [3.05, 3.63) is 50.7 Å². The molecular weight excluding hydrogens is 280 g/mol. The Morgan fingerprint density at radius 3 is 2.76 bits per heavy atom. The third-order valence-corrected chi connectivity index (χ3v) is 4.17. The summed E-state index contributed by atoms with van der Waals surface area (Å²) in [5.41, 5.74) is 4.66. The number of benzene rings is 1. The summed E-state index contributed by atoms with van der Waals surface area (Å²) in [7, 11) is 0. The number of rotatable bonds is 4. The van der Waals surface area contributed by atoms with Crippen LogP contribution in [0.5, 0.6) is 5.75 Å². The van der Waals surface area contributed by atoms with Crippen LogP contribution in [-0.4, -0.2) is 11.7 Å². The highest BCUT2D eigenvalue weighted by molar-refractivity contribution is 7.10. The topological polar surface area (TPSA) is 29.5 Å². The van der Waals surface area contributed by atoms with Gasteiger partial charge in [-0.15, -0.1) is 11.3 Å². The van der Waals surface area contributed by atoms with Crippen molar-refractivity contribution in [2.24, 2.45) is 0 Å². The molecule has 0 aliphatic carbocycles. The largest absolute Gasteiger partial charge is 0.488 e. The smallest absolute Gasteiger partial charge is 0.123 e. The Kier molecular flexibility index (Phi) is 5.44. The second kappa shape index (κ2) is 7.31. The summed E-state index contributed by atoms with van der Waals surface area (Å²) in [6.07, 6.45) is 0.517.